The molecule has 0 heterocycles. The van der Waals surface area contributed by atoms with E-state index >= 15 is 0 Å². The topological polar surface area (TPSA) is 92.4 Å². The molecule has 116 valence electrons. The lowest BCUT2D eigenvalue weighted by Crippen LogP contribution is -2.22. The Bertz CT molecular complexity index is 172. The van der Waals surface area contributed by atoms with Crippen molar-refractivity contribution < 1.29 is 28.8 Å². The van der Waals surface area contributed by atoms with E-state index in [4.69, 9.17) is 29.4 Å². The predicted octanol–water partition coefficient (Wildman–Crippen LogP) is -0.981. The first-order chi connectivity index (χ1) is 9.31. The molecule has 1 atom stereocenters. The van der Waals surface area contributed by atoms with Crippen LogP contribution >= 0.6 is 0 Å². The zero-order valence-corrected chi connectivity index (χ0v) is 11.7. The van der Waals surface area contributed by atoms with Gasteiger partial charge >= 0.3 is 0 Å². The van der Waals surface area contributed by atoms with Crippen molar-refractivity contribution in [1.82, 2.24) is 0 Å². The zero-order valence-electron chi connectivity index (χ0n) is 11.7. The summed E-state index contributed by atoms with van der Waals surface area (Å²) in [5.41, 5.74) is 5.26. The molecule has 0 rings (SSSR count). The van der Waals surface area contributed by atoms with E-state index in [9.17, 15) is 5.11 Å². The van der Waals surface area contributed by atoms with Crippen molar-refractivity contribution in [2.24, 2.45) is 5.73 Å². The number of rotatable bonds is 15. The summed E-state index contributed by atoms with van der Waals surface area (Å²) in [5.74, 6) is 0. The largest absolute Gasteiger partial charge is 0.388 e. The standard InChI is InChI=1S/C12H27NO6/c1-15-10-12(14)11-19-9-8-18-7-6-17-5-4-16-3-2-13/h12,14H,2-11,13H2,1H3. The van der Waals surface area contributed by atoms with E-state index in [0.29, 0.717) is 52.8 Å². The summed E-state index contributed by atoms with van der Waals surface area (Å²) in [6.07, 6.45) is -0.582. The smallest absolute Gasteiger partial charge is 0.101 e. The van der Waals surface area contributed by atoms with Crippen LogP contribution in [0.5, 0.6) is 0 Å². The van der Waals surface area contributed by atoms with Gasteiger partial charge in [-0.1, -0.05) is 0 Å². The van der Waals surface area contributed by atoms with Gasteiger partial charge in [0.05, 0.1) is 59.5 Å². The zero-order chi connectivity index (χ0) is 14.2. The predicted molar refractivity (Wildman–Crippen MR) is 70.2 cm³/mol. The van der Waals surface area contributed by atoms with Crippen LogP contribution < -0.4 is 5.73 Å². The Morgan fingerprint density at radius 3 is 1.74 bits per heavy atom. The molecule has 0 fully saturated rings. The normalized spacial score (nSPS) is 12.8. The molecular weight excluding hydrogens is 254 g/mol. The minimum atomic E-state index is -0.582. The summed E-state index contributed by atoms with van der Waals surface area (Å²) in [6, 6.07) is 0. The van der Waals surface area contributed by atoms with Crippen LogP contribution in [0.1, 0.15) is 0 Å². The van der Waals surface area contributed by atoms with Crippen molar-refractivity contribution in [3.05, 3.63) is 0 Å². The van der Waals surface area contributed by atoms with Crippen LogP contribution in [-0.4, -0.2) is 84.3 Å². The van der Waals surface area contributed by atoms with Crippen LogP contribution in [0, 0.1) is 0 Å². The molecule has 3 N–H and O–H groups in total. The molecule has 0 amide bonds. The second-order valence-corrected chi connectivity index (χ2v) is 3.81. The van der Waals surface area contributed by atoms with Crippen molar-refractivity contribution in [2.75, 3.05) is 73.1 Å². The Hall–Kier alpha value is -0.280. The lowest BCUT2D eigenvalue weighted by atomic mass is 10.4. The van der Waals surface area contributed by atoms with Crippen LogP contribution in [0.25, 0.3) is 0 Å². The number of aliphatic hydroxyl groups is 1. The molecule has 7 heteroatoms. The molecule has 0 aromatic rings. The highest BCUT2D eigenvalue weighted by atomic mass is 16.6. The van der Waals surface area contributed by atoms with Gasteiger partial charge in [-0.2, -0.15) is 0 Å². The second-order valence-electron chi connectivity index (χ2n) is 3.81. The summed E-state index contributed by atoms with van der Waals surface area (Å²) in [7, 11) is 1.54. The lowest BCUT2D eigenvalue weighted by Gasteiger charge is -2.10. The van der Waals surface area contributed by atoms with E-state index in [2.05, 4.69) is 0 Å². The van der Waals surface area contributed by atoms with Crippen LogP contribution in [0.2, 0.25) is 0 Å². The van der Waals surface area contributed by atoms with Crippen molar-refractivity contribution in [3.63, 3.8) is 0 Å². The summed E-state index contributed by atoms with van der Waals surface area (Å²) >= 11 is 0. The van der Waals surface area contributed by atoms with E-state index in [0.717, 1.165) is 0 Å². The third-order valence-corrected chi connectivity index (χ3v) is 2.05. The number of hydrogen-bond acceptors (Lipinski definition) is 7. The second kappa shape index (κ2) is 15.8. The monoisotopic (exact) mass is 281 g/mol. The van der Waals surface area contributed by atoms with Gasteiger partial charge in [-0.25, -0.2) is 0 Å². The lowest BCUT2D eigenvalue weighted by molar-refractivity contribution is -0.0317. The summed E-state index contributed by atoms with van der Waals surface area (Å²) in [4.78, 5) is 0. The maximum absolute atomic E-state index is 9.28. The molecular formula is C12H27NO6. The van der Waals surface area contributed by atoms with Gasteiger partial charge in [0.25, 0.3) is 0 Å². The average molecular weight is 281 g/mol. The van der Waals surface area contributed by atoms with E-state index in [1.54, 1.807) is 0 Å². The molecule has 0 bridgehead atoms. The first-order valence-electron chi connectivity index (χ1n) is 6.49. The molecule has 0 aliphatic rings. The maximum Gasteiger partial charge on any atom is 0.101 e. The van der Waals surface area contributed by atoms with Gasteiger partial charge in [-0.15, -0.1) is 0 Å². The molecule has 7 nitrogen and oxygen atoms in total. The molecule has 0 saturated carbocycles. The van der Waals surface area contributed by atoms with Crippen molar-refractivity contribution in [3.8, 4) is 0 Å². The number of methoxy groups -OCH3 is 1. The molecule has 0 aliphatic carbocycles. The van der Waals surface area contributed by atoms with Gasteiger partial charge < -0.3 is 34.5 Å². The summed E-state index contributed by atoms with van der Waals surface area (Å²) in [6.45, 7) is 4.69. The summed E-state index contributed by atoms with van der Waals surface area (Å²) < 4.78 is 25.6. The molecule has 0 saturated heterocycles. The number of hydrogen-bond donors (Lipinski definition) is 2. The Labute approximate surface area is 114 Å². The fourth-order valence-electron chi connectivity index (χ4n) is 1.20. The van der Waals surface area contributed by atoms with Crippen LogP contribution in [0.3, 0.4) is 0 Å². The van der Waals surface area contributed by atoms with E-state index in [1.165, 1.54) is 7.11 Å². The van der Waals surface area contributed by atoms with Crippen LogP contribution in [0.15, 0.2) is 0 Å². The first-order valence-corrected chi connectivity index (χ1v) is 6.49. The minimum absolute atomic E-state index is 0.256. The van der Waals surface area contributed by atoms with Gasteiger partial charge in [0, 0.05) is 13.7 Å². The molecule has 0 aromatic carbocycles. The highest BCUT2D eigenvalue weighted by Crippen LogP contribution is 1.87. The fourth-order valence-corrected chi connectivity index (χ4v) is 1.20. The Morgan fingerprint density at radius 2 is 1.26 bits per heavy atom. The molecule has 0 aromatic heterocycles. The Morgan fingerprint density at radius 1 is 0.789 bits per heavy atom. The van der Waals surface area contributed by atoms with E-state index in [1.807, 2.05) is 0 Å². The van der Waals surface area contributed by atoms with Crippen molar-refractivity contribution in [2.45, 2.75) is 6.10 Å². The molecule has 1 unspecified atom stereocenters. The van der Waals surface area contributed by atoms with Crippen LogP contribution in [-0.2, 0) is 23.7 Å². The third-order valence-electron chi connectivity index (χ3n) is 2.05. The fraction of sp³-hybridized carbons (Fsp3) is 1.00. The van der Waals surface area contributed by atoms with Gasteiger partial charge in [0.15, 0.2) is 0 Å². The molecule has 0 radical (unpaired) electrons. The maximum atomic E-state index is 9.28. The van der Waals surface area contributed by atoms with Crippen molar-refractivity contribution in [1.29, 1.82) is 0 Å². The molecule has 19 heavy (non-hydrogen) atoms. The number of nitrogens with two attached hydrogens (primary N) is 1. The quantitative estimate of drug-likeness (QED) is 0.373. The van der Waals surface area contributed by atoms with E-state index < -0.39 is 6.10 Å². The highest BCUT2D eigenvalue weighted by Gasteiger charge is 2.02. The van der Waals surface area contributed by atoms with Gasteiger partial charge in [-0.3, -0.25) is 0 Å². The number of ether oxygens (including phenoxy) is 5. The van der Waals surface area contributed by atoms with Crippen molar-refractivity contribution >= 4 is 0 Å². The van der Waals surface area contributed by atoms with E-state index in [-0.39, 0.29) is 13.2 Å². The SMILES string of the molecule is COCC(O)COCCOCCOCCOCCN. The Kier molecular flexibility index (Phi) is 15.5. The Balaban J connectivity index is 2.99. The summed E-state index contributed by atoms with van der Waals surface area (Å²) in [5, 5.41) is 9.28. The number of aliphatic hydroxyl groups excluding tert-OH is 1. The van der Waals surface area contributed by atoms with Crippen LogP contribution in [0.4, 0.5) is 0 Å². The molecule has 0 aliphatic heterocycles. The van der Waals surface area contributed by atoms with Gasteiger partial charge in [0.1, 0.15) is 6.10 Å². The third kappa shape index (κ3) is 15.7. The highest BCUT2D eigenvalue weighted by molar-refractivity contribution is 4.49. The molecule has 0 spiro atoms. The van der Waals surface area contributed by atoms with Gasteiger partial charge in [-0.05, 0) is 0 Å². The van der Waals surface area contributed by atoms with Gasteiger partial charge in [0.2, 0.25) is 0 Å². The minimum Gasteiger partial charge on any atom is -0.388 e. The first kappa shape index (κ1) is 18.7. The average Bonchev–Trinajstić information content (AvgIpc) is 2.40.